The standard InChI is InChI=1S/C20H24N6O2/c1-11-5-6-14(12(2)9-11)22-19(28)13-10-15(27)23-18-16(13)17(21)24-20(25-18)26-7-3-4-8-26/h5-6,9,13H,3-4,7-8,10H2,1-2H3,(H,22,28)(H3,21,23,24,25,27)/t13-/m0/s1. The lowest BCUT2D eigenvalue weighted by Gasteiger charge is -2.27. The second-order valence-electron chi connectivity index (χ2n) is 7.48. The summed E-state index contributed by atoms with van der Waals surface area (Å²) in [6, 6.07) is 5.80. The molecule has 1 aromatic carbocycles. The molecule has 0 spiro atoms. The Labute approximate surface area is 163 Å². The van der Waals surface area contributed by atoms with Crippen molar-refractivity contribution < 1.29 is 9.59 Å². The Balaban J connectivity index is 1.65. The molecule has 1 aromatic heterocycles. The summed E-state index contributed by atoms with van der Waals surface area (Å²) in [4.78, 5) is 36.2. The second kappa shape index (κ2) is 7.10. The monoisotopic (exact) mass is 380 g/mol. The SMILES string of the molecule is Cc1ccc(NC(=O)[C@H]2CC(=O)Nc3nc(N4CCCC4)nc(N)c32)c(C)c1. The van der Waals surface area contributed by atoms with Crippen LogP contribution in [0.3, 0.4) is 0 Å². The number of nitrogen functional groups attached to an aromatic ring is 1. The van der Waals surface area contributed by atoms with E-state index in [1.54, 1.807) is 0 Å². The average Bonchev–Trinajstić information content (AvgIpc) is 3.17. The van der Waals surface area contributed by atoms with Crippen LogP contribution in [0.1, 0.15) is 41.9 Å². The van der Waals surface area contributed by atoms with Crippen molar-refractivity contribution in [3.8, 4) is 0 Å². The van der Waals surface area contributed by atoms with Crippen LogP contribution >= 0.6 is 0 Å². The van der Waals surface area contributed by atoms with E-state index in [0.29, 0.717) is 17.3 Å². The van der Waals surface area contributed by atoms with E-state index < -0.39 is 5.92 Å². The summed E-state index contributed by atoms with van der Waals surface area (Å²) in [7, 11) is 0. The van der Waals surface area contributed by atoms with E-state index in [2.05, 4.69) is 20.6 Å². The molecule has 2 aliphatic heterocycles. The number of benzene rings is 1. The van der Waals surface area contributed by atoms with Gasteiger partial charge in [-0.1, -0.05) is 17.7 Å². The molecule has 1 saturated heterocycles. The van der Waals surface area contributed by atoms with Gasteiger partial charge in [0.1, 0.15) is 11.6 Å². The number of rotatable bonds is 3. The van der Waals surface area contributed by atoms with Crippen molar-refractivity contribution in [2.24, 2.45) is 0 Å². The number of nitrogens with one attached hydrogen (secondary N) is 2. The van der Waals surface area contributed by atoms with Gasteiger partial charge in [-0.05, 0) is 38.3 Å². The number of hydrogen-bond donors (Lipinski definition) is 3. The van der Waals surface area contributed by atoms with Crippen LogP contribution in [0.4, 0.5) is 23.3 Å². The molecule has 2 amide bonds. The molecule has 28 heavy (non-hydrogen) atoms. The zero-order valence-electron chi connectivity index (χ0n) is 16.1. The van der Waals surface area contributed by atoms with Crippen molar-refractivity contribution >= 4 is 35.1 Å². The number of carbonyl (C=O) groups excluding carboxylic acids is 2. The summed E-state index contributed by atoms with van der Waals surface area (Å²) in [6.07, 6.45) is 2.17. The molecule has 2 aliphatic rings. The number of aromatic nitrogens is 2. The van der Waals surface area contributed by atoms with E-state index in [0.717, 1.165) is 42.7 Å². The first kappa shape index (κ1) is 18.2. The summed E-state index contributed by atoms with van der Waals surface area (Å²) >= 11 is 0. The second-order valence-corrected chi connectivity index (χ2v) is 7.48. The maximum Gasteiger partial charge on any atom is 0.232 e. The Kier molecular flexibility index (Phi) is 4.62. The molecule has 0 radical (unpaired) electrons. The number of fused-ring (bicyclic) bond motifs is 1. The minimum Gasteiger partial charge on any atom is -0.383 e. The van der Waals surface area contributed by atoms with Crippen LogP contribution < -0.4 is 21.3 Å². The number of amides is 2. The first-order valence-corrected chi connectivity index (χ1v) is 9.52. The Morgan fingerprint density at radius 2 is 2.00 bits per heavy atom. The summed E-state index contributed by atoms with van der Waals surface area (Å²) in [5.41, 5.74) is 9.50. The maximum absolute atomic E-state index is 13.0. The van der Waals surface area contributed by atoms with Crippen LogP contribution in [0.15, 0.2) is 18.2 Å². The normalized spacial score (nSPS) is 18.6. The van der Waals surface area contributed by atoms with Gasteiger partial charge in [0.05, 0.1) is 11.5 Å². The predicted octanol–water partition coefficient (Wildman–Crippen LogP) is 2.34. The fourth-order valence-electron chi connectivity index (χ4n) is 3.84. The number of anilines is 4. The van der Waals surface area contributed by atoms with Gasteiger partial charge in [-0.3, -0.25) is 9.59 Å². The molecule has 8 nitrogen and oxygen atoms in total. The average molecular weight is 380 g/mol. The first-order valence-electron chi connectivity index (χ1n) is 9.52. The summed E-state index contributed by atoms with van der Waals surface area (Å²) in [5.74, 6) is -0.174. The third-order valence-corrected chi connectivity index (χ3v) is 5.30. The maximum atomic E-state index is 13.0. The molecular formula is C20H24N6O2. The Morgan fingerprint density at radius 3 is 2.71 bits per heavy atom. The highest BCUT2D eigenvalue weighted by molar-refractivity contribution is 6.05. The third kappa shape index (κ3) is 3.37. The zero-order chi connectivity index (χ0) is 19.8. The molecule has 2 aromatic rings. The molecule has 0 bridgehead atoms. The van der Waals surface area contributed by atoms with Gasteiger partial charge < -0.3 is 21.3 Å². The lowest BCUT2D eigenvalue weighted by Crippen LogP contribution is -2.33. The van der Waals surface area contributed by atoms with Crippen LogP contribution in [0.25, 0.3) is 0 Å². The smallest absolute Gasteiger partial charge is 0.232 e. The predicted molar refractivity (Wildman–Crippen MR) is 108 cm³/mol. The van der Waals surface area contributed by atoms with E-state index >= 15 is 0 Å². The van der Waals surface area contributed by atoms with Gasteiger partial charge in [0.25, 0.3) is 0 Å². The van der Waals surface area contributed by atoms with Crippen molar-refractivity contribution in [1.29, 1.82) is 0 Å². The van der Waals surface area contributed by atoms with E-state index in [-0.39, 0.29) is 24.1 Å². The molecule has 0 unspecified atom stereocenters. The topological polar surface area (TPSA) is 113 Å². The van der Waals surface area contributed by atoms with Crippen LogP contribution in [-0.4, -0.2) is 34.9 Å². The minimum atomic E-state index is -0.725. The van der Waals surface area contributed by atoms with Gasteiger partial charge in [0.15, 0.2) is 0 Å². The number of aryl methyl sites for hydroxylation is 2. The molecule has 0 aliphatic carbocycles. The number of nitrogens with zero attached hydrogens (tertiary/aromatic N) is 3. The van der Waals surface area contributed by atoms with Gasteiger partial charge >= 0.3 is 0 Å². The number of hydrogen-bond acceptors (Lipinski definition) is 6. The molecule has 1 atom stereocenters. The minimum absolute atomic E-state index is 0.0142. The fraction of sp³-hybridized carbons (Fsp3) is 0.400. The Hall–Kier alpha value is -3.16. The van der Waals surface area contributed by atoms with Crippen molar-refractivity contribution in [3.05, 3.63) is 34.9 Å². The van der Waals surface area contributed by atoms with Crippen LogP contribution in [0.2, 0.25) is 0 Å². The highest BCUT2D eigenvalue weighted by atomic mass is 16.2. The summed E-state index contributed by atoms with van der Waals surface area (Å²) in [6.45, 7) is 5.66. The van der Waals surface area contributed by atoms with Crippen LogP contribution in [0, 0.1) is 13.8 Å². The largest absolute Gasteiger partial charge is 0.383 e. The highest BCUT2D eigenvalue weighted by Gasteiger charge is 2.35. The lowest BCUT2D eigenvalue weighted by molar-refractivity contribution is -0.123. The first-order chi connectivity index (χ1) is 13.4. The van der Waals surface area contributed by atoms with Crippen molar-refractivity contribution in [1.82, 2.24) is 9.97 Å². The van der Waals surface area contributed by atoms with Crippen LogP contribution in [0.5, 0.6) is 0 Å². The quantitative estimate of drug-likeness (QED) is 0.753. The summed E-state index contributed by atoms with van der Waals surface area (Å²) < 4.78 is 0. The number of carbonyl (C=O) groups is 2. The van der Waals surface area contributed by atoms with E-state index in [1.807, 2.05) is 36.9 Å². The van der Waals surface area contributed by atoms with Gasteiger partial charge in [-0.15, -0.1) is 0 Å². The lowest BCUT2D eigenvalue weighted by atomic mass is 9.91. The third-order valence-electron chi connectivity index (χ3n) is 5.30. The van der Waals surface area contributed by atoms with Crippen LogP contribution in [-0.2, 0) is 9.59 Å². The molecule has 1 fully saturated rings. The van der Waals surface area contributed by atoms with Gasteiger partial charge in [0.2, 0.25) is 17.8 Å². The van der Waals surface area contributed by atoms with E-state index in [9.17, 15) is 9.59 Å². The highest BCUT2D eigenvalue weighted by Crippen LogP contribution is 2.37. The van der Waals surface area contributed by atoms with Crippen molar-refractivity contribution in [3.63, 3.8) is 0 Å². The molecular weight excluding hydrogens is 356 g/mol. The molecule has 8 heteroatoms. The van der Waals surface area contributed by atoms with Gasteiger partial charge in [0, 0.05) is 25.2 Å². The Bertz CT molecular complexity index is 952. The Morgan fingerprint density at radius 1 is 1.25 bits per heavy atom. The molecule has 146 valence electrons. The molecule has 3 heterocycles. The number of nitrogens with two attached hydrogens (primary N) is 1. The molecule has 0 saturated carbocycles. The zero-order valence-corrected chi connectivity index (χ0v) is 16.1. The van der Waals surface area contributed by atoms with Crippen molar-refractivity contribution in [2.75, 3.05) is 34.4 Å². The van der Waals surface area contributed by atoms with E-state index in [1.165, 1.54) is 0 Å². The van der Waals surface area contributed by atoms with Crippen molar-refractivity contribution in [2.45, 2.75) is 39.0 Å². The van der Waals surface area contributed by atoms with Gasteiger partial charge in [-0.2, -0.15) is 9.97 Å². The molecule has 4 N–H and O–H groups in total. The molecule has 4 rings (SSSR count). The fourth-order valence-corrected chi connectivity index (χ4v) is 3.84. The summed E-state index contributed by atoms with van der Waals surface area (Å²) in [5, 5.41) is 5.68. The van der Waals surface area contributed by atoms with Gasteiger partial charge in [-0.25, -0.2) is 0 Å². The van der Waals surface area contributed by atoms with E-state index in [4.69, 9.17) is 5.73 Å².